The molecule has 0 N–H and O–H groups in total. The van der Waals surface area contributed by atoms with E-state index in [1.807, 2.05) is 21.1 Å². The lowest BCUT2D eigenvalue weighted by atomic mass is 10.0. The quantitative estimate of drug-likeness (QED) is 0.0258. The lowest BCUT2D eigenvalue weighted by molar-refractivity contribution is -0.870. The van der Waals surface area contributed by atoms with Gasteiger partial charge in [-0.05, 0) is 12.8 Å². The van der Waals surface area contributed by atoms with Crippen LogP contribution >= 0.6 is 7.82 Å². The monoisotopic (exact) mass is 832 g/mol. The lowest BCUT2D eigenvalue weighted by Crippen LogP contribution is -2.37. The first kappa shape index (κ1) is 56.0. The molecular formula is C47H94NO8P. The fourth-order valence-corrected chi connectivity index (χ4v) is 7.80. The Morgan fingerprint density at radius 1 is 0.474 bits per heavy atom. The van der Waals surface area contributed by atoms with Crippen molar-refractivity contribution in [3.63, 3.8) is 0 Å². The smallest absolute Gasteiger partial charge is 0.306 e. The maximum atomic E-state index is 12.6. The van der Waals surface area contributed by atoms with Crippen molar-refractivity contribution in [3.05, 3.63) is 0 Å². The van der Waals surface area contributed by atoms with E-state index in [2.05, 4.69) is 13.8 Å². The number of ether oxygens (including phenoxy) is 2. The molecular weight excluding hydrogens is 737 g/mol. The largest absolute Gasteiger partial charge is 0.756 e. The molecule has 0 spiro atoms. The highest BCUT2D eigenvalue weighted by molar-refractivity contribution is 7.45. The molecule has 0 bridgehead atoms. The fraction of sp³-hybridized carbons (Fsp3) is 0.957. The molecule has 57 heavy (non-hydrogen) atoms. The molecule has 0 saturated heterocycles. The van der Waals surface area contributed by atoms with Crippen LogP contribution in [0.5, 0.6) is 0 Å². The number of rotatable bonds is 45. The second kappa shape index (κ2) is 40.4. The molecule has 340 valence electrons. The number of carbonyl (C=O) groups excluding carboxylic acids is 2. The normalized spacial score (nSPS) is 13.4. The molecule has 0 heterocycles. The van der Waals surface area contributed by atoms with Crippen LogP contribution in [0.2, 0.25) is 0 Å². The van der Waals surface area contributed by atoms with E-state index in [0.29, 0.717) is 17.4 Å². The minimum atomic E-state index is -4.61. The molecule has 0 fully saturated rings. The Balaban J connectivity index is 4.09. The van der Waals surface area contributed by atoms with Crippen molar-refractivity contribution in [3.8, 4) is 0 Å². The Hall–Kier alpha value is -0.990. The maximum absolute atomic E-state index is 12.6. The summed E-state index contributed by atoms with van der Waals surface area (Å²) < 4.78 is 33.9. The highest BCUT2D eigenvalue weighted by Crippen LogP contribution is 2.38. The topological polar surface area (TPSA) is 111 Å². The number of esters is 2. The summed E-state index contributed by atoms with van der Waals surface area (Å²) in [6, 6.07) is 0. The van der Waals surface area contributed by atoms with Crippen LogP contribution in [-0.2, 0) is 32.7 Å². The molecule has 0 aromatic carbocycles. The number of phosphoric ester groups is 1. The van der Waals surface area contributed by atoms with Crippen LogP contribution in [0, 0.1) is 0 Å². The number of quaternary nitrogens is 1. The van der Waals surface area contributed by atoms with E-state index in [9.17, 15) is 19.0 Å². The van der Waals surface area contributed by atoms with E-state index in [-0.39, 0.29) is 32.0 Å². The Kier molecular flexibility index (Phi) is 39.7. The van der Waals surface area contributed by atoms with Crippen LogP contribution in [-0.4, -0.2) is 70.0 Å². The predicted octanol–water partition coefficient (Wildman–Crippen LogP) is 13.3. The van der Waals surface area contributed by atoms with E-state index < -0.39 is 26.5 Å². The van der Waals surface area contributed by atoms with Gasteiger partial charge in [0.15, 0.2) is 6.10 Å². The highest BCUT2D eigenvalue weighted by atomic mass is 31.2. The third kappa shape index (κ3) is 44.4. The van der Waals surface area contributed by atoms with Gasteiger partial charge in [0.25, 0.3) is 7.82 Å². The molecule has 9 nitrogen and oxygen atoms in total. The van der Waals surface area contributed by atoms with Crippen molar-refractivity contribution in [2.75, 3.05) is 47.5 Å². The van der Waals surface area contributed by atoms with Gasteiger partial charge in [-0.1, -0.05) is 213 Å². The Labute approximate surface area is 353 Å². The minimum absolute atomic E-state index is 0.0258. The number of likely N-dealkylation sites (N-methyl/N-ethyl adjacent to an activating group) is 1. The van der Waals surface area contributed by atoms with Crippen LogP contribution in [0.1, 0.15) is 239 Å². The van der Waals surface area contributed by atoms with E-state index >= 15 is 0 Å². The van der Waals surface area contributed by atoms with Gasteiger partial charge >= 0.3 is 11.9 Å². The van der Waals surface area contributed by atoms with Crippen molar-refractivity contribution in [1.82, 2.24) is 0 Å². The summed E-state index contributed by atoms with van der Waals surface area (Å²) in [5.41, 5.74) is 0. The Morgan fingerprint density at radius 3 is 1.12 bits per heavy atom. The van der Waals surface area contributed by atoms with E-state index in [4.69, 9.17) is 18.5 Å². The molecule has 0 aromatic heterocycles. The molecule has 0 saturated carbocycles. The van der Waals surface area contributed by atoms with Gasteiger partial charge in [-0.3, -0.25) is 14.2 Å². The molecule has 2 atom stereocenters. The van der Waals surface area contributed by atoms with Crippen LogP contribution in [0.3, 0.4) is 0 Å². The van der Waals surface area contributed by atoms with Crippen molar-refractivity contribution < 1.29 is 42.1 Å². The third-order valence-corrected chi connectivity index (χ3v) is 11.8. The number of nitrogens with zero attached hydrogens (tertiary/aromatic N) is 1. The number of phosphoric acid groups is 1. The zero-order valence-electron chi connectivity index (χ0n) is 38.3. The summed E-state index contributed by atoms with van der Waals surface area (Å²) in [6.45, 7) is 4.25. The second-order valence-electron chi connectivity index (χ2n) is 17.8. The summed E-state index contributed by atoms with van der Waals surface area (Å²) in [6.07, 6.45) is 41.4. The van der Waals surface area contributed by atoms with Crippen molar-refractivity contribution in [1.29, 1.82) is 0 Å². The van der Waals surface area contributed by atoms with Gasteiger partial charge in [0.1, 0.15) is 19.8 Å². The van der Waals surface area contributed by atoms with Gasteiger partial charge in [0, 0.05) is 12.8 Å². The number of unbranched alkanes of at least 4 members (excludes halogenated alkanes) is 31. The molecule has 0 amide bonds. The Bertz CT molecular complexity index is 943. The minimum Gasteiger partial charge on any atom is -0.756 e. The summed E-state index contributed by atoms with van der Waals surface area (Å²) in [7, 11) is 1.18. The van der Waals surface area contributed by atoms with Crippen LogP contribution in [0.15, 0.2) is 0 Å². The van der Waals surface area contributed by atoms with Gasteiger partial charge in [0.2, 0.25) is 0 Å². The molecule has 0 aliphatic heterocycles. The standard InChI is InChI=1S/C47H94NO8P/c1-6-8-10-12-14-16-18-19-20-21-22-23-24-25-26-27-28-29-30-32-33-35-37-39-46(49)53-43-45(44-55-57(51,52)54-42-41-48(3,4)5)56-47(50)40-38-36-34-31-17-15-13-11-9-7-2/h45H,6-44H2,1-5H3/t45-/m0/s1. The van der Waals surface area contributed by atoms with Gasteiger partial charge in [-0.15, -0.1) is 0 Å². The van der Waals surface area contributed by atoms with Gasteiger partial charge in [-0.25, -0.2) is 0 Å². The molecule has 0 aliphatic carbocycles. The van der Waals surface area contributed by atoms with Crippen LogP contribution in [0.4, 0.5) is 0 Å². The average molecular weight is 832 g/mol. The van der Waals surface area contributed by atoms with Gasteiger partial charge in [-0.2, -0.15) is 0 Å². The summed E-state index contributed by atoms with van der Waals surface area (Å²) in [5.74, 6) is -0.820. The number of hydrogen-bond donors (Lipinski definition) is 0. The third-order valence-electron chi connectivity index (χ3n) is 10.9. The highest BCUT2D eigenvalue weighted by Gasteiger charge is 2.21. The van der Waals surface area contributed by atoms with Crippen LogP contribution < -0.4 is 4.89 Å². The first-order chi connectivity index (χ1) is 27.5. The molecule has 1 unspecified atom stereocenters. The molecule has 0 radical (unpaired) electrons. The van der Waals surface area contributed by atoms with E-state index in [1.165, 1.54) is 173 Å². The zero-order valence-corrected chi connectivity index (χ0v) is 39.2. The fourth-order valence-electron chi connectivity index (χ4n) is 7.07. The lowest BCUT2D eigenvalue weighted by Gasteiger charge is -2.28. The maximum Gasteiger partial charge on any atom is 0.306 e. The summed E-state index contributed by atoms with van der Waals surface area (Å²) in [4.78, 5) is 37.5. The van der Waals surface area contributed by atoms with Crippen LogP contribution in [0.25, 0.3) is 0 Å². The number of carbonyl (C=O) groups is 2. The Morgan fingerprint density at radius 2 is 0.789 bits per heavy atom. The summed E-state index contributed by atoms with van der Waals surface area (Å²) in [5, 5.41) is 0. The molecule has 0 aromatic rings. The molecule has 0 rings (SSSR count). The molecule has 10 heteroatoms. The number of hydrogen-bond acceptors (Lipinski definition) is 8. The van der Waals surface area contributed by atoms with Crippen molar-refractivity contribution in [2.24, 2.45) is 0 Å². The summed E-state index contributed by atoms with van der Waals surface area (Å²) >= 11 is 0. The average Bonchev–Trinajstić information content (AvgIpc) is 3.16. The first-order valence-electron chi connectivity index (χ1n) is 24.2. The van der Waals surface area contributed by atoms with Crippen molar-refractivity contribution >= 4 is 19.8 Å². The van der Waals surface area contributed by atoms with Gasteiger partial charge in [0.05, 0.1) is 27.7 Å². The second-order valence-corrected chi connectivity index (χ2v) is 19.3. The van der Waals surface area contributed by atoms with E-state index in [0.717, 1.165) is 32.1 Å². The SMILES string of the molecule is CCCCCCCCCCCCCCCCCCCCCCCCCC(=O)OC[C@@H](COP(=O)([O-])OCC[N+](C)(C)C)OC(=O)CCCCCCCCCCCC. The predicted molar refractivity (Wildman–Crippen MR) is 236 cm³/mol. The van der Waals surface area contributed by atoms with Crippen molar-refractivity contribution in [2.45, 2.75) is 245 Å². The molecule has 0 aliphatic rings. The zero-order chi connectivity index (χ0) is 42.1. The van der Waals surface area contributed by atoms with E-state index in [1.54, 1.807) is 0 Å². The van der Waals surface area contributed by atoms with Gasteiger partial charge < -0.3 is 27.9 Å². The first-order valence-corrected chi connectivity index (χ1v) is 25.7.